The summed E-state index contributed by atoms with van der Waals surface area (Å²) in [4.78, 5) is 39.7. The van der Waals surface area contributed by atoms with Gasteiger partial charge in [-0.2, -0.15) is 0 Å². The molecule has 0 radical (unpaired) electrons. The van der Waals surface area contributed by atoms with E-state index in [1.807, 2.05) is 18.2 Å². The van der Waals surface area contributed by atoms with E-state index in [0.717, 1.165) is 24.8 Å². The van der Waals surface area contributed by atoms with Crippen LogP contribution in [0.3, 0.4) is 0 Å². The van der Waals surface area contributed by atoms with E-state index < -0.39 is 29.8 Å². The molecule has 2 saturated heterocycles. The first-order valence-corrected chi connectivity index (χ1v) is 9.93. The lowest BCUT2D eigenvalue weighted by Crippen LogP contribution is -2.57. The van der Waals surface area contributed by atoms with E-state index in [1.165, 1.54) is 10.5 Å². The number of aryl methyl sites for hydroxylation is 1. The second-order valence-corrected chi connectivity index (χ2v) is 8.53. The predicted octanol–water partition coefficient (Wildman–Crippen LogP) is 1.20. The third kappa shape index (κ3) is 3.22. The summed E-state index contributed by atoms with van der Waals surface area (Å²) in [5, 5.41) is 3.13. The number of rotatable bonds is 2. The molecule has 1 aromatic rings. The molecule has 4 rings (SSSR count). The second-order valence-electron chi connectivity index (χ2n) is 8.53. The number of hydrogen-bond acceptors (Lipinski definition) is 5. The number of hydrogen-bond donors (Lipinski definition) is 2. The minimum atomic E-state index is -0.930. The van der Waals surface area contributed by atoms with Gasteiger partial charge in [0.15, 0.2) is 0 Å². The molecule has 1 aromatic carbocycles. The summed E-state index contributed by atoms with van der Waals surface area (Å²) in [6.07, 6.45) is 2.17. The zero-order valence-electron chi connectivity index (χ0n) is 16.3. The van der Waals surface area contributed by atoms with Gasteiger partial charge in [0, 0.05) is 6.42 Å². The highest BCUT2D eigenvalue weighted by Crippen LogP contribution is 2.37. The van der Waals surface area contributed by atoms with E-state index in [0.29, 0.717) is 0 Å². The molecule has 28 heavy (non-hydrogen) atoms. The van der Waals surface area contributed by atoms with Gasteiger partial charge in [-0.15, -0.1) is 0 Å². The highest BCUT2D eigenvalue weighted by molar-refractivity contribution is 5.96. The van der Waals surface area contributed by atoms with Crippen molar-refractivity contribution < 1.29 is 19.1 Å². The van der Waals surface area contributed by atoms with E-state index in [2.05, 4.69) is 11.4 Å². The van der Waals surface area contributed by atoms with Crippen molar-refractivity contribution in [1.82, 2.24) is 10.2 Å². The molecule has 1 unspecified atom stereocenters. The molecule has 3 aliphatic rings. The standard InChI is InChI=1S/C21H27N3O4/c1-21(2)18(24-17(28-21)11-13(25)10-15(22)20(24)27)19(26)23-16-9-5-7-12-6-3-4-8-14(12)16/h3-4,6,8,15-18H,5,7,9-11,22H2,1-2H3,(H,23,26)/t15-,16+,17+,18?/m0/s1. The fraction of sp³-hybridized carbons (Fsp3) is 0.571. The van der Waals surface area contributed by atoms with Crippen molar-refractivity contribution >= 4 is 17.6 Å². The van der Waals surface area contributed by atoms with Crippen molar-refractivity contribution in [2.75, 3.05) is 0 Å². The summed E-state index contributed by atoms with van der Waals surface area (Å²) in [5.74, 6) is -0.777. The first-order valence-electron chi connectivity index (χ1n) is 9.93. The second kappa shape index (κ2) is 6.97. The number of amides is 2. The average molecular weight is 385 g/mol. The van der Waals surface area contributed by atoms with Crippen LogP contribution in [0.15, 0.2) is 24.3 Å². The van der Waals surface area contributed by atoms with Gasteiger partial charge in [-0.3, -0.25) is 19.3 Å². The number of ketones is 1. The molecule has 7 nitrogen and oxygen atoms in total. The normalized spacial score (nSPS) is 31.8. The first kappa shape index (κ1) is 19.1. The van der Waals surface area contributed by atoms with Gasteiger partial charge in [-0.25, -0.2) is 0 Å². The number of nitrogens with zero attached hydrogens (tertiary/aromatic N) is 1. The molecule has 4 atom stereocenters. The first-order chi connectivity index (χ1) is 13.3. The number of carbonyl (C=O) groups excluding carboxylic acids is 3. The van der Waals surface area contributed by atoms with Crippen molar-refractivity contribution in [1.29, 1.82) is 0 Å². The third-order valence-electron chi connectivity index (χ3n) is 6.04. The molecule has 150 valence electrons. The van der Waals surface area contributed by atoms with Crippen LogP contribution < -0.4 is 11.1 Å². The number of fused-ring (bicyclic) bond motifs is 2. The van der Waals surface area contributed by atoms with Crippen molar-refractivity contribution in [3.8, 4) is 0 Å². The summed E-state index contributed by atoms with van der Waals surface area (Å²) in [6.45, 7) is 3.56. The molecule has 2 amide bonds. The van der Waals surface area contributed by atoms with E-state index in [-0.39, 0.29) is 30.6 Å². The smallest absolute Gasteiger partial charge is 0.246 e. The average Bonchev–Trinajstić information content (AvgIpc) is 2.85. The quantitative estimate of drug-likeness (QED) is 0.797. The van der Waals surface area contributed by atoms with E-state index >= 15 is 0 Å². The van der Waals surface area contributed by atoms with Gasteiger partial charge in [0.1, 0.15) is 18.1 Å². The minimum absolute atomic E-state index is 0.0139. The molecule has 1 aliphatic carbocycles. The van der Waals surface area contributed by atoms with Gasteiger partial charge < -0.3 is 15.8 Å². The Labute approximate surface area is 164 Å². The Hall–Kier alpha value is -2.25. The molecule has 0 bridgehead atoms. The molecule has 2 fully saturated rings. The third-order valence-corrected chi connectivity index (χ3v) is 6.04. The maximum absolute atomic E-state index is 13.3. The molecule has 7 heteroatoms. The Balaban J connectivity index is 1.61. The van der Waals surface area contributed by atoms with Crippen LogP contribution in [0.2, 0.25) is 0 Å². The van der Waals surface area contributed by atoms with E-state index in [9.17, 15) is 14.4 Å². The Morgan fingerprint density at radius 2 is 2.00 bits per heavy atom. The number of nitrogens with one attached hydrogen (secondary N) is 1. The summed E-state index contributed by atoms with van der Waals surface area (Å²) >= 11 is 0. The zero-order chi connectivity index (χ0) is 20.1. The summed E-state index contributed by atoms with van der Waals surface area (Å²) in [7, 11) is 0. The van der Waals surface area contributed by atoms with Crippen molar-refractivity contribution in [2.45, 2.75) is 75.9 Å². The predicted molar refractivity (Wildman–Crippen MR) is 102 cm³/mol. The van der Waals surface area contributed by atoms with E-state index in [1.54, 1.807) is 13.8 Å². The van der Waals surface area contributed by atoms with Crippen LogP contribution in [0, 0.1) is 0 Å². The fourth-order valence-electron chi connectivity index (χ4n) is 4.78. The van der Waals surface area contributed by atoms with Crippen molar-refractivity contribution in [2.24, 2.45) is 5.73 Å². The van der Waals surface area contributed by atoms with Crippen molar-refractivity contribution in [3.63, 3.8) is 0 Å². The summed E-state index contributed by atoms with van der Waals surface area (Å²) in [5.41, 5.74) is 7.39. The van der Waals surface area contributed by atoms with Crippen molar-refractivity contribution in [3.05, 3.63) is 35.4 Å². The van der Waals surface area contributed by atoms with Gasteiger partial charge in [-0.05, 0) is 44.2 Å². The largest absolute Gasteiger partial charge is 0.349 e. The van der Waals surface area contributed by atoms with Crippen LogP contribution in [-0.4, -0.2) is 46.4 Å². The minimum Gasteiger partial charge on any atom is -0.349 e. The van der Waals surface area contributed by atoms with Crippen LogP contribution in [0.4, 0.5) is 0 Å². The SMILES string of the molecule is CC1(C)O[C@@H]2CC(=O)C[C@H](N)C(=O)N2C1C(=O)N[C@@H]1CCCc2ccccc21. The Bertz CT molecular complexity index is 822. The topological polar surface area (TPSA) is 102 Å². The summed E-state index contributed by atoms with van der Waals surface area (Å²) < 4.78 is 5.98. The number of benzene rings is 1. The fourth-order valence-corrected chi connectivity index (χ4v) is 4.78. The van der Waals surface area contributed by atoms with Crippen LogP contribution in [0.1, 0.15) is 56.7 Å². The number of Topliss-reactive ketones (excluding diaryl/α,β-unsaturated/α-hetero) is 1. The molecule has 0 spiro atoms. The molecule has 0 saturated carbocycles. The lowest BCUT2D eigenvalue weighted by atomic mass is 9.87. The molecule has 3 N–H and O–H groups in total. The van der Waals surface area contributed by atoms with Gasteiger partial charge >= 0.3 is 0 Å². The maximum atomic E-state index is 13.3. The lowest BCUT2D eigenvalue weighted by Gasteiger charge is -2.33. The zero-order valence-corrected chi connectivity index (χ0v) is 16.3. The number of ether oxygens (including phenoxy) is 1. The number of nitrogens with two attached hydrogens (primary N) is 1. The Morgan fingerprint density at radius 1 is 1.25 bits per heavy atom. The van der Waals surface area contributed by atoms with Gasteiger partial charge in [-0.1, -0.05) is 24.3 Å². The Kier molecular flexibility index (Phi) is 4.75. The Morgan fingerprint density at radius 3 is 2.79 bits per heavy atom. The van der Waals surface area contributed by atoms with Crippen LogP contribution >= 0.6 is 0 Å². The monoisotopic (exact) mass is 385 g/mol. The number of carbonyl (C=O) groups is 3. The molecular formula is C21H27N3O4. The van der Waals surface area contributed by atoms with Crippen LogP contribution in [-0.2, 0) is 25.5 Å². The van der Waals surface area contributed by atoms with Gasteiger partial charge in [0.05, 0.1) is 24.1 Å². The molecule has 2 heterocycles. The maximum Gasteiger partial charge on any atom is 0.246 e. The van der Waals surface area contributed by atoms with Gasteiger partial charge in [0.2, 0.25) is 11.8 Å². The highest BCUT2D eigenvalue weighted by Gasteiger charge is 2.56. The van der Waals surface area contributed by atoms with Crippen LogP contribution in [0.25, 0.3) is 0 Å². The van der Waals surface area contributed by atoms with Gasteiger partial charge in [0.25, 0.3) is 0 Å². The molecule has 2 aliphatic heterocycles. The molecule has 0 aromatic heterocycles. The molecular weight excluding hydrogens is 358 g/mol. The van der Waals surface area contributed by atoms with Crippen LogP contribution in [0.5, 0.6) is 0 Å². The summed E-state index contributed by atoms with van der Waals surface area (Å²) in [6, 6.07) is 6.28. The van der Waals surface area contributed by atoms with E-state index in [4.69, 9.17) is 10.5 Å². The highest BCUT2D eigenvalue weighted by atomic mass is 16.5. The lowest BCUT2D eigenvalue weighted by molar-refractivity contribution is -0.143.